The van der Waals surface area contributed by atoms with Gasteiger partial charge in [-0.05, 0) is 58.7 Å². The number of furan rings is 1. The molecule has 4 rings (SSSR count). The minimum atomic E-state index is -3.89. The van der Waals surface area contributed by atoms with E-state index < -0.39 is 26.9 Å². The van der Waals surface area contributed by atoms with Crippen LogP contribution >= 0.6 is 15.9 Å². The van der Waals surface area contributed by atoms with Crippen LogP contribution in [-0.4, -0.2) is 25.5 Å². The lowest BCUT2D eigenvalue weighted by Crippen LogP contribution is -2.32. The van der Waals surface area contributed by atoms with Crippen molar-refractivity contribution in [3.8, 4) is 11.3 Å². The smallest absolute Gasteiger partial charge is 0.270 e. The van der Waals surface area contributed by atoms with E-state index >= 15 is 0 Å². The van der Waals surface area contributed by atoms with E-state index in [1.807, 2.05) is 6.92 Å². The van der Waals surface area contributed by atoms with Crippen molar-refractivity contribution in [2.24, 2.45) is 5.10 Å². The highest BCUT2D eigenvalue weighted by molar-refractivity contribution is 9.10. The number of nitro benzene ring substituents is 1. The second kappa shape index (κ2) is 12.2. The lowest BCUT2D eigenvalue weighted by molar-refractivity contribution is -0.384. The molecule has 0 unspecified atom stereocenters. The summed E-state index contributed by atoms with van der Waals surface area (Å²) < 4.78 is 34.8. The summed E-state index contributed by atoms with van der Waals surface area (Å²) in [5.74, 6) is 0.256. The van der Waals surface area contributed by atoms with Gasteiger partial charge in [0, 0.05) is 28.6 Å². The van der Waals surface area contributed by atoms with Crippen molar-refractivity contribution in [1.82, 2.24) is 10.1 Å². The van der Waals surface area contributed by atoms with E-state index in [0.29, 0.717) is 27.1 Å². The number of hydrazone groups is 1. The maximum atomic E-state index is 13.0. The molecule has 1 aromatic heterocycles. The van der Waals surface area contributed by atoms with Crippen LogP contribution in [0.1, 0.15) is 29.3 Å². The summed E-state index contributed by atoms with van der Waals surface area (Å²) in [6, 6.07) is 22.0. The highest BCUT2D eigenvalue weighted by Crippen LogP contribution is 2.32. The number of nitrogens with one attached hydrogen (secondary N) is 2. The summed E-state index contributed by atoms with van der Waals surface area (Å²) in [5, 5.41) is 14.9. The highest BCUT2D eigenvalue weighted by Gasteiger charge is 2.23. The Labute approximate surface area is 233 Å². The fourth-order valence-electron chi connectivity index (χ4n) is 3.67. The number of nitro groups is 1. The second-order valence-electron chi connectivity index (χ2n) is 8.52. The molecule has 0 aliphatic rings. The summed E-state index contributed by atoms with van der Waals surface area (Å²) >= 11 is 3.31. The minimum absolute atomic E-state index is 0.0587. The zero-order valence-corrected chi connectivity index (χ0v) is 23.0. The number of aryl methyl sites for hydroxylation is 1. The number of hydrogen-bond acceptors (Lipinski definition) is 7. The molecule has 4 aromatic rings. The van der Waals surface area contributed by atoms with Gasteiger partial charge in [-0.1, -0.05) is 48.0 Å². The van der Waals surface area contributed by atoms with Crippen LogP contribution in [-0.2, 0) is 14.8 Å². The molecule has 0 aliphatic carbocycles. The molecule has 0 saturated heterocycles. The molecule has 0 radical (unpaired) electrons. The van der Waals surface area contributed by atoms with Crippen molar-refractivity contribution < 1.29 is 22.6 Å². The molecule has 1 atom stereocenters. The largest absolute Gasteiger partial charge is 0.455 e. The SMILES string of the molecule is Cc1ccc(S(=O)(=O)N[C@H](CC(=O)N/N=C\c2ccc(-c3ccc([N+](=O)[O-])cc3Br)o2)c2ccccc2)cc1. The van der Waals surface area contributed by atoms with Crippen LogP contribution in [0.5, 0.6) is 0 Å². The molecule has 3 aromatic carbocycles. The number of rotatable bonds is 10. The van der Waals surface area contributed by atoms with Crippen molar-refractivity contribution in [1.29, 1.82) is 0 Å². The normalized spacial score (nSPS) is 12.4. The van der Waals surface area contributed by atoms with E-state index in [0.717, 1.165) is 5.56 Å². The van der Waals surface area contributed by atoms with Gasteiger partial charge in [0.15, 0.2) is 0 Å². The minimum Gasteiger partial charge on any atom is -0.455 e. The summed E-state index contributed by atoms with van der Waals surface area (Å²) in [5.41, 5.74) is 4.49. The Morgan fingerprint density at radius 2 is 1.79 bits per heavy atom. The van der Waals surface area contributed by atoms with Gasteiger partial charge in [0.25, 0.3) is 5.69 Å². The van der Waals surface area contributed by atoms with Crippen LogP contribution in [0.25, 0.3) is 11.3 Å². The second-order valence-corrected chi connectivity index (χ2v) is 11.1. The van der Waals surface area contributed by atoms with E-state index in [9.17, 15) is 23.3 Å². The Kier molecular flexibility index (Phi) is 8.69. The van der Waals surface area contributed by atoms with Crippen molar-refractivity contribution in [2.75, 3.05) is 0 Å². The summed E-state index contributed by atoms with van der Waals surface area (Å²) in [7, 11) is -3.89. The maximum Gasteiger partial charge on any atom is 0.270 e. The summed E-state index contributed by atoms with van der Waals surface area (Å²) in [6.07, 6.45) is 1.10. The standard InChI is InChI=1S/C27H23BrN4O6S/c1-18-7-11-22(12-8-18)39(36,37)31-25(19-5-3-2-4-6-19)16-27(33)30-29-17-21-10-14-26(38-21)23-13-9-20(32(34)35)15-24(23)28/h2-15,17,25,31H,16H2,1H3,(H,30,33)/b29-17-/t25-/m1/s1. The zero-order valence-electron chi connectivity index (χ0n) is 20.6. The van der Waals surface area contributed by atoms with Gasteiger partial charge in [-0.25, -0.2) is 18.6 Å². The predicted molar refractivity (Wildman–Crippen MR) is 150 cm³/mol. The predicted octanol–water partition coefficient (Wildman–Crippen LogP) is 5.49. The van der Waals surface area contributed by atoms with Gasteiger partial charge in [-0.15, -0.1) is 0 Å². The molecule has 0 spiro atoms. The number of non-ortho nitro benzene ring substituents is 1. The average molecular weight is 611 g/mol. The fourth-order valence-corrected chi connectivity index (χ4v) is 5.46. The van der Waals surface area contributed by atoms with Gasteiger partial charge < -0.3 is 4.42 Å². The first-order chi connectivity index (χ1) is 18.6. The molecule has 0 saturated carbocycles. The Bertz CT molecular complexity index is 1620. The highest BCUT2D eigenvalue weighted by atomic mass is 79.9. The number of hydrogen-bond donors (Lipinski definition) is 2. The molecule has 12 heteroatoms. The van der Waals surface area contributed by atoms with Crippen LogP contribution in [0, 0.1) is 17.0 Å². The fraction of sp³-hybridized carbons (Fsp3) is 0.111. The number of amides is 1. The van der Waals surface area contributed by atoms with Crippen LogP contribution in [0.15, 0.2) is 104 Å². The molecule has 200 valence electrons. The summed E-state index contributed by atoms with van der Waals surface area (Å²) in [4.78, 5) is 23.2. The molecular formula is C27H23BrN4O6S. The van der Waals surface area contributed by atoms with E-state index in [4.69, 9.17) is 4.42 Å². The molecular weight excluding hydrogens is 588 g/mol. The molecule has 39 heavy (non-hydrogen) atoms. The van der Waals surface area contributed by atoms with E-state index in [1.54, 1.807) is 60.7 Å². The van der Waals surface area contributed by atoms with Crippen molar-refractivity contribution >= 4 is 43.8 Å². The van der Waals surface area contributed by atoms with Crippen molar-refractivity contribution in [3.63, 3.8) is 0 Å². The first kappa shape index (κ1) is 27.9. The molecule has 2 N–H and O–H groups in total. The molecule has 1 amide bonds. The van der Waals surface area contributed by atoms with Crippen molar-refractivity contribution in [2.45, 2.75) is 24.3 Å². The average Bonchev–Trinajstić information content (AvgIpc) is 3.37. The Balaban J connectivity index is 1.43. The van der Waals surface area contributed by atoms with Gasteiger partial charge in [0.05, 0.1) is 22.1 Å². The zero-order chi connectivity index (χ0) is 28.0. The van der Waals surface area contributed by atoms with Gasteiger partial charge in [-0.2, -0.15) is 5.10 Å². The number of carbonyl (C=O) groups excluding carboxylic acids is 1. The van der Waals surface area contributed by atoms with E-state index in [-0.39, 0.29) is 17.0 Å². The summed E-state index contributed by atoms with van der Waals surface area (Å²) in [6.45, 7) is 1.86. The van der Waals surface area contributed by atoms with Gasteiger partial charge in [0.2, 0.25) is 15.9 Å². The van der Waals surface area contributed by atoms with Crippen LogP contribution in [0.2, 0.25) is 0 Å². The molecule has 0 bridgehead atoms. The third kappa shape index (κ3) is 7.25. The Hall–Kier alpha value is -4.13. The molecule has 10 nitrogen and oxygen atoms in total. The molecule has 1 heterocycles. The Morgan fingerprint density at radius 1 is 1.08 bits per heavy atom. The number of sulfonamides is 1. The van der Waals surface area contributed by atoms with Gasteiger partial charge >= 0.3 is 0 Å². The number of halogens is 1. The van der Waals surface area contributed by atoms with Crippen LogP contribution in [0.4, 0.5) is 5.69 Å². The van der Waals surface area contributed by atoms with Crippen molar-refractivity contribution in [3.05, 3.63) is 116 Å². The maximum absolute atomic E-state index is 13.0. The lowest BCUT2D eigenvalue weighted by atomic mass is 10.0. The first-order valence-corrected chi connectivity index (χ1v) is 13.9. The molecule has 0 fully saturated rings. The van der Waals surface area contributed by atoms with Crippen LogP contribution in [0.3, 0.4) is 0 Å². The molecule has 0 aliphatic heterocycles. The monoisotopic (exact) mass is 610 g/mol. The van der Waals surface area contributed by atoms with E-state index in [1.165, 1.54) is 30.5 Å². The van der Waals surface area contributed by atoms with E-state index in [2.05, 4.69) is 31.2 Å². The number of nitrogens with zero attached hydrogens (tertiary/aromatic N) is 2. The van der Waals surface area contributed by atoms with Gasteiger partial charge in [-0.3, -0.25) is 14.9 Å². The lowest BCUT2D eigenvalue weighted by Gasteiger charge is -2.18. The number of benzene rings is 3. The van der Waals surface area contributed by atoms with Gasteiger partial charge in [0.1, 0.15) is 11.5 Å². The Morgan fingerprint density at radius 3 is 2.46 bits per heavy atom. The van der Waals surface area contributed by atoms with Crippen LogP contribution < -0.4 is 10.1 Å². The topological polar surface area (TPSA) is 144 Å². The third-order valence-electron chi connectivity index (χ3n) is 5.66. The number of carbonyl (C=O) groups is 1. The third-order valence-corrected chi connectivity index (χ3v) is 7.80. The quantitative estimate of drug-likeness (QED) is 0.138. The first-order valence-electron chi connectivity index (χ1n) is 11.6.